The fraction of sp³-hybridized carbons (Fsp3) is 0.0625. The van der Waals surface area contributed by atoms with E-state index in [2.05, 4.69) is 33.6 Å². The lowest BCUT2D eigenvalue weighted by Crippen LogP contribution is -1.88. The van der Waals surface area contributed by atoms with Crippen molar-refractivity contribution < 1.29 is 9.59 Å². The fourth-order valence-corrected chi connectivity index (χ4v) is 4.97. The third kappa shape index (κ3) is 6.30. The number of pyridine rings is 2. The first kappa shape index (κ1) is 25.3. The maximum absolute atomic E-state index is 11.2. The van der Waals surface area contributed by atoms with E-state index in [-0.39, 0.29) is 10.2 Å². The van der Waals surface area contributed by atoms with Crippen LogP contribution in [0.25, 0.3) is 21.8 Å². The molecular weight excluding hydrogens is 508 g/mol. The lowest BCUT2D eigenvalue weighted by Gasteiger charge is -2.03. The predicted octanol–water partition coefficient (Wildman–Crippen LogP) is 6.86. The van der Waals surface area contributed by atoms with Gasteiger partial charge in [-0.15, -0.1) is 0 Å². The summed E-state index contributed by atoms with van der Waals surface area (Å²) >= 11 is 2.42. The Labute approximate surface area is 229 Å². The second kappa shape index (κ2) is 11.4. The van der Waals surface area contributed by atoms with Gasteiger partial charge in [0.05, 0.1) is 11.0 Å². The molecule has 2 heterocycles. The van der Waals surface area contributed by atoms with Gasteiger partial charge in [-0.25, -0.2) is 0 Å². The molecule has 6 heteroatoms. The molecule has 38 heavy (non-hydrogen) atoms. The van der Waals surface area contributed by atoms with Crippen LogP contribution in [-0.2, 0) is 9.59 Å². The summed E-state index contributed by atoms with van der Waals surface area (Å²) in [5.41, 5.74) is 5.01. The Morgan fingerprint density at radius 2 is 0.921 bits per heavy atom. The second-order valence-corrected chi connectivity index (χ2v) is 10.9. The minimum atomic E-state index is 0.0602. The van der Waals surface area contributed by atoms with Crippen molar-refractivity contribution in [3.8, 4) is 23.7 Å². The SMILES string of the molecule is CC(=O)Sc1ccc(C#Cc2cnc3c(ccc4cc(C#Cc5ccc(SC(C)=O)cc5)cnc43)c2)cc1. The zero-order valence-corrected chi connectivity index (χ0v) is 22.2. The summed E-state index contributed by atoms with van der Waals surface area (Å²) in [5, 5.41) is 2.05. The van der Waals surface area contributed by atoms with E-state index in [4.69, 9.17) is 0 Å². The van der Waals surface area contributed by atoms with Crippen molar-refractivity contribution in [3.05, 3.63) is 107 Å². The molecule has 5 rings (SSSR count). The van der Waals surface area contributed by atoms with Crippen LogP contribution in [0, 0.1) is 23.7 Å². The van der Waals surface area contributed by atoms with E-state index < -0.39 is 0 Å². The van der Waals surface area contributed by atoms with Gasteiger partial charge >= 0.3 is 0 Å². The number of aromatic nitrogens is 2. The van der Waals surface area contributed by atoms with E-state index in [0.29, 0.717) is 0 Å². The first-order chi connectivity index (χ1) is 18.4. The van der Waals surface area contributed by atoms with Crippen molar-refractivity contribution in [1.82, 2.24) is 9.97 Å². The van der Waals surface area contributed by atoms with E-state index in [9.17, 15) is 9.59 Å². The van der Waals surface area contributed by atoms with Crippen molar-refractivity contribution in [3.63, 3.8) is 0 Å². The van der Waals surface area contributed by atoms with Crippen molar-refractivity contribution in [2.75, 3.05) is 0 Å². The molecule has 4 nitrogen and oxygen atoms in total. The Balaban J connectivity index is 1.36. The zero-order valence-electron chi connectivity index (χ0n) is 20.6. The number of carbonyl (C=O) groups is 2. The van der Waals surface area contributed by atoms with Gasteiger partial charge in [-0.1, -0.05) is 59.3 Å². The highest BCUT2D eigenvalue weighted by Crippen LogP contribution is 2.24. The molecule has 182 valence electrons. The van der Waals surface area contributed by atoms with E-state index in [1.54, 1.807) is 26.2 Å². The van der Waals surface area contributed by atoms with Crippen LogP contribution >= 0.6 is 23.5 Å². The number of fused-ring (bicyclic) bond motifs is 3. The van der Waals surface area contributed by atoms with Gasteiger partial charge in [0, 0.05) is 69.1 Å². The van der Waals surface area contributed by atoms with E-state index in [0.717, 1.165) is 53.9 Å². The van der Waals surface area contributed by atoms with E-state index in [1.807, 2.05) is 72.8 Å². The molecule has 0 aliphatic carbocycles. The van der Waals surface area contributed by atoms with Crippen LogP contribution in [0.4, 0.5) is 0 Å². The van der Waals surface area contributed by atoms with Gasteiger partial charge < -0.3 is 0 Å². The molecule has 5 aromatic rings. The van der Waals surface area contributed by atoms with Crippen LogP contribution in [-0.4, -0.2) is 20.2 Å². The van der Waals surface area contributed by atoms with E-state index in [1.165, 1.54) is 23.5 Å². The van der Waals surface area contributed by atoms with Crippen LogP contribution in [0.3, 0.4) is 0 Å². The minimum Gasteiger partial charge on any atom is -0.287 e. The summed E-state index contributed by atoms with van der Waals surface area (Å²) in [7, 11) is 0. The summed E-state index contributed by atoms with van der Waals surface area (Å²) in [6, 6.07) is 23.3. The zero-order chi connectivity index (χ0) is 26.5. The topological polar surface area (TPSA) is 59.9 Å². The lowest BCUT2D eigenvalue weighted by molar-refractivity contribution is -0.109. The molecule has 0 bridgehead atoms. The number of carbonyl (C=O) groups excluding carboxylic acids is 2. The summed E-state index contributed by atoms with van der Waals surface area (Å²) in [6.07, 6.45) is 3.52. The first-order valence-electron chi connectivity index (χ1n) is 11.7. The monoisotopic (exact) mass is 528 g/mol. The number of benzene rings is 3. The largest absolute Gasteiger partial charge is 0.287 e. The third-order valence-electron chi connectivity index (χ3n) is 5.44. The smallest absolute Gasteiger partial charge is 0.190 e. The molecular formula is C32H20N2O2S2. The lowest BCUT2D eigenvalue weighted by atomic mass is 10.1. The molecule has 0 spiro atoms. The Morgan fingerprint density at radius 3 is 1.29 bits per heavy atom. The van der Waals surface area contributed by atoms with Gasteiger partial charge in [-0.05, 0) is 60.7 Å². The number of thioether (sulfide) groups is 2. The molecule has 0 N–H and O–H groups in total. The van der Waals surface area contributed by atoms with Crippen LogP contribution in [0.5, 0.6) is 0 Å². The van der Waals surface area contributed by atoms with E-state index >= 15 is 0 Å². The van der Waals surface area contributed by atoms with Crippen molar-refractivity contribution in [1.29, 1.82) is 0 Å². The van der Waals surface area contributed by atoms with Crippen molar-refractivity contribution in [2.24, 2.45) is 0 Å². The van der Waals surface area contributed by atoms with Crippen molar-refractivity contribution >= 4 is 55.6 Å². The molecule has 0 amide bonds. The summed E-state index contributed by atoms with van der Waals surface area (Å²) < 4.78 is 0. The van der Waals surface area contributed by atoms with Gasteiger partial charge in [0.1, 0.15) is 0 Å². The predicted molar refractivity (Wildman–Crippen MR) is 155 cm³/mol. The number of nitrogens with zero attached hydrogens (tertiary/aromatic N) is 2. The molecule has 0 saturated heterocycles. The molecule has 0 aliphatic heterocycles. The highest BCUT2D eigenvalue weighted by molar-refractivity contribution is 8.13. The van der Waals surface area contributed by atoms with Crippen LogP contribution in [0.15, 0.2) is 95.0 Å². The van der Waals surface area contributed by atoms with Gasteiger partial charge in [-0.2, -0.15) is 0 Å². The number of rotatable bonds is 2. The van der Waals surface area contributed by atoms with Gasteiger partial charge in [0.25, 0.3) is 0 Å². The quantitative estimate of drug-likeness (QED) is 0.142. The number of hydrogen-bond donors (Lipinski definition) is 0. The van der Waals surface area contributed by atoms with Crippen molar-refractivity contribution in [2.45, 2.75) is 23.6 Å². The van der Waals surface area contributed by atoms with Gasteiger partial charge in [0.2, 0.25) is 0 Å². The maximum Gasteiger partial charge on any atom is 0.190 e. The number of hydrogen-bond acceptors (Lipinski definition) is 6. The van der Waals surface area contributed by atoms with Gasteiger partial charge in [0.15, 0.2) is 10.2 Å². The first-order valence-corrected chi connectivity index (χ1v) is 13.4. The standard InChI is InChI=1S/C32H20N2O2S2/c1-21(35)37-29-13-7-23(8-14-29)3-5-25-17-27-11-12-28-18-26(20-34-32(28)31(27)33-19-25)6-4-24-9-15-30(16-10-24)38-22(2)36/h7-20H,1-2H3. The van der Waals surface area contributed by atoms with Crippen LogP contribution < -0.4 is 0 Å². The van der Waals surface area contributed by atoms with Crippen LogP contribution in [0.1, 0.15) is 36.1 Å². The van der Waals surface area contributed by atoms with Crippen LogP contribution in [0.2, 0.25) is 0 Å². The summed E-state index contributed by atoms with van der Waals surface area (Å²) in [5.74, 6) is 12.7. The normalized spacial score (nSPS) is 10.4. The maximum atomic E-state index is 11.2. The molecule has 0 aliphatic rings. The average molecular weight is 529 g/mol. The minimum absolute atomic E-state index is 0.0602. The highest BCUT2D eigenvalue weighted by Gasteiger charge is 2.05. The Morgan fingerprint density at radius 1 is 0.553 bits per heavy atom. The highest BCUT2D eigenvalue weighted by atomic mass is 32.2. The Kier molecular flexibility index (Phi) is 7.56. The summed E-state index contributed by atoms with van der Waals surface area (Å²) in [4.78, 5) is 33.6. The van der Waals surface area contributed by atoms with Gasteiger partial charge in [-0.3, -0.25) is 19.6 Å². The molecule has 3 aromatic carbocycles. The summed E-state index contributed by atoms with van der Waals surface area (Å²) in [6.45, 7) is 3.10. The second-order valence-electron chi connectivity index (χ2n) is 8.39. The molecule has 0 unspecified atom stereocenters. The average Bonchev–Trinajstić information content (AvgIpc) is 2.91. The molecule has 0 radical (unpaired) electrons. The molecule has 2 aromatic heterocycles. The Bertz CT molecular complexity index is 1690. The fourth-order valence-electron chi connectivity index (χ4n) is 3.76. The Hall–Kier alpha value is -4.36. The molecule has 0 saturated carbocycles. The molecule has 0 atom stereocenters. The molecule has 0 fully saturated rings. The third-order valence-corrected chi connectivity index (χ3v) is 7.03.